The minimum Gasteiger partial charge on any atom is -0.750 e. The van der Waals surface area contributed by atoms with E-state index in [0.29, 0.717) is 0 Å². The number of hydrogen-bond donors (Lipinski definition) is 2. The lowest BCUT2D eigenvalue weighted by atomic mass is 10.3. The molecule has 15 heavy (non-hydrogen) atoms. The standard InChI is InChI=1S/C4H6O4.C3H6O3S/c5-3(6)1-2-4(7)8;1-2-3-6-7(4)5/h1-2H2,(H,5,6)(H,7,8);2H,1,3H2,(H,4,5)/p-1. The number of carboxylic acid groups (broad SMARTS) is 2. The number of carboxylic acids is 2. The third-order valence-corrected chi connectivity index (χ3v) is 1.16. The van der Waals surface area contributed by atoms with Crippen LogP contribution in [0.1, 0.15) is 12.8 Å². The molecular weight excluding hydrogens is 228 g/mol. The highest BCUT2D eigenvalue weighted by atomic mass is 32.2. The second-order valence-electron chi connectivity index (χ2n) is 2.06. The summed E-state index contributed by atoms with van der Waals surface area (Å²) < 4.78 is 23.0. The number of aliphatic carboxylic acids is 2. The second kappa shape index (κ2) is 10.8. The van der Waals surface area contributed by atoms with Crippen molar-refractivity contribution in [3.05, 3.63) is 12.7 Å². The highest BCUT2D eigenvalue weighted by Gasteiger charge is 2.00. The quantitative estimate of drug-likeness (QED) is 0.490. The summed E-state index contributed by atoms with van der Waals surface area (Å²) in [4.78, 5) is 19.3. The smallest absolute Gasteiger partial charge is 0.303 e. The van der Waals surface area contributed by atoms with Crippen molar-refractivity contribution >= 4 is 23.3 Å². The Morgan fingerprint density at radius 2 is 1.73 bits per heavy atom. The summed E-state index contributed by atoms with van der Waals surface area (Å²) in [5, 5.41) is 15.8. The van der Waals surface area contributed by atoms with Gasteiger partial charge in [0, 0.05) is 0 Å². The van der Waals surface area contributed by atoms with E-state index in [1.54, 1.807) is 0 Å². The van der Waals surface area contributed by atoms with Crippen molar-refractivity contribution in [2.45, 2.75) is 12.8 Å². The average molecular weight is 239 g/mol. The fraction of sp³-hybridized carbons (Fsp3) is 0.429. The molecule has 1 atom stereocenters. The highest BCUT2D eigenvalue weighted by molar-refractivity contribution is 7.74. The zero-order valence-corrected chi connectivity index (χ0v) is 8.57. The molecule has 0 aromatic heterocycles. The molecule has 0 amide bonds. The molecule has 0 bridgehead atoms. The molecular formula is C7H11O7S-. The van der Waals surface area contributed by atoms with Crippen LogP contribution in [0.4, 0.5) is 0 Å². The summed E-state index contributed by atoms with van der Waals surface area (Å²) in [6, 6.07) is 0. The van der Waals surface area contributed by atoms with Gasteiger partial charge in [-0.05, 0) is 0 Å². The van der Waals surface area contributed by atoms with Crippen molar-refractivity contribution in [1.29, 1.82) is 0 Å². The summed E-state index contributed by atoms with van der Waals surface area (Å²) >= 11 is -2.39. The lowest BCUT2D eigenvalue weighted by Gasteiger charge is -1.99. The lowest BCUT2D eigenvalue weighted by molar-refractivity contribution is -0.143. The molecule has 0 saturated carbocycles. The van der Waals surface area contributed by atoms with Gasteiger partial charge in [-0.25, -0.2) is 4.21 Å². The summed E-state index contributed by atoms with van der Waals surface area (Å²) in [7, 11) is 0. The summed E-state index contributed by atoms with van der Waals surface area (Å²) in [6.45, 7) is 3.29. The molecule has 1 unspecified atom stereocenters. The minimum absolute atomic E-state index is 0.0517. The van der Waals surface area contributed by atoms with Crippen LogP contribution in [0, 0.1) is 0 Å². The fourth-order valence-corrected chi connectivity index (χ4v) is 0.525. The van der Waals surface area contributed by atoms with Gasteiger partial charge in [-0.15, -0.1) is 6.58 Å². The van der Waals surface area contributed by atoms with Crippen molar-refractivity contribution in [2.75, 3.05) is 6.61 Å². The van der Waals surface area contributed by atoms with Crippen LogP contribution in [0.25, 0.3) is 0 Å². The van der Waals surface area contributed by atoms with Crippen LogP contribution in [0.3, 0.4) is 0 Å². The normalized spacial score (nSPS) is 10.7. The van der Waals surface area contributed by atoms with E-state index >= 15 is 0 Å². The Kier molecular flexibility index (Phi) is 11.7. The molecule has 8 heteroatoms. The Bertz CT molecular complexity index is 223. The molecule has 88 valence electrons. The highest BCUT2D eigenvalue weighted by Crippen LogP contribution is 1.86. The summed E-state index contributed by atoms with van der Waals surface area (Å²) in [5.41, 5.74) is 0. The van der Waals surface area contributed by atoms with Gasteiger partial charge in [0.05, 0.1) is 30.8 Å². The predicted octanol–water partition coefficient (Wildman–Crippen LogP) is -0.0811. The topological polar surface area (TPSA) is 124 Å². The minimum atomic E-state index is -2.39. The molecule has 0 aromatic carbocycles. The second-order valence-corrected chi connectivity index (χ2v) is 2.71. The van der Waals surface area contributed by atoms with Crippen molar-refractivity contribution in [3.8, 4) is 0 Å². The Labute approximate surface area is 88.9 Å². The van der Waals surface area contributed by atoms with Crippen molar-refractivity contribution in [3.63, 3.8) is 0 Å². The molecule has 0 heterocycles. The van der Waals surface area contributed by atoms with Gasteiger partial charge in [0.15, 0.2) is 0 Å². The SMILES string of the molecule is C=CCOS(=O)[O-].O=C(O)CCC(=O)O. The zero-order valence-electron chi connectivity index (χ0n) is 7.75. The van der Waals surface area contributed by atoms with Gasteiger partial charge >= 0.3 is 11.9 Å². The average Bonchev–Trinajstić information content (AvgIpc) is 2.12. The maximum atomic E-state index is 9.64. The largest absolute Gasteiger partial charge is 0.750 e. The Morgan fingerprint density at radius 3 is 1.87 bits per heavy atom. The summed E-state index contributed by atoms with van der Waals surface area (Å²) in [5.74, 6) is -2.15. The van der Waals surface area contributed by atoms with Gasteiger partial charge < -0.3 is 14.8 Å². The molecule has 0 aromatic rings. The van der Waals surface area contributed by atoms with Crippen LogP contribution in [0.15, 0.2) is 12.7 Å². The van der Waals surface area contributed by atoms with Gasteiger partial charge in [0.2, 0.25) is 0 Å². The molecule has 7 nitrogen and oxygen atoms in total. The molecule has 0 fully saturated rings. The van der Waals surface area contributed by atoms with Crippen LogP contribution >= 0.6 is 0 Å². The first-order valence-electron chi connectivity index (χ1n) is 3.67. The predicted molar refractivity (Wildman–Crippen MR) is 49.6 cm³/mol. The van der Waals surface area contributed by atoms with Crippen molar-refractivity contribution in [2.24, 2.45) is 0 Å². The fourth-order valence-electron chi connectivity index (χ4n) is 0.318. The van der Waals surface area contributed by atoms with Crippen LogP contribution < -0.4 is 0 Å². The maximum absolute atomic E-state index is 9.64. The van der Waals surface area contributed by atoms with Crippen LogP contribution in [0.5, 0.6) is 0 Å². The maximum Gasteiger partial charge on any atom is 0.303 e. The van der Waals surface area contributed by atoms with Gasteiger partial charge in [-0.1, -0.05) is 6.08 Å². The van der Waals surface area contributed by atoms with E-state index in [1.807, 2.05) is 0 Å². The van der Waals surface area contributed by atoms with Crippen LogP contribution in [-0.2, 0) is 25.1 Å². The van der Waals surface area contributed by atoms with Crippen LogP contribution in [-0.4, -0.2) is 37.5 Å². The van der Waals surface area contributed by atoms with Crippen molar-refractivity contribution in [1.82, 2.24) is 0 Å². The first-order chi connectivity index (χ1) is 6.90. The van der Waals surface area contributed by atoms with E-state index < -0.39 is 23.3 Å². The lowest BCUT2D eigenvalue weighted by Crippen LogP contribution is -2.00. The number of hydrogen-bond acceptors (Lipinski definition) is 5. The van der Waals surface area contributed by atoms with E-state index in [9.17, 15) is 18.4 Å². The number of rotatable bonds is 6. The molecule has 0 aliphatic heterocycles. The zero-order chi connectivity index (χ0) is 12.3. The van der Waals surface area contributed by atoms with E-state index in [0.717, 1.165) is 0 Å². The van der Waals surface area contributed by atoms with E-state index in [4.69, 9.17) is 10.2 Å². The van der Waals surface area contributed by atoms with Gasteiger partial charge in [-0.2, -0.15) is 0 Å². The molecule has 0 radical (unpaired) electrons. The van der Waals surface area contributed by atoms with E-state index in [2.05, 4.69) is 10.8 Å². The van der Waals surface area contributed by atoms with Gasteiger partial charge in [-0.3, -0.25) is 13.8 Å². The molecule has 0 aliphatic rings. The third kappa shape index (κ3) is 24.5. The van der Waals surface area contributed by atoms with E-state index in [1.165, 1.54) is 6.08 Å². The van der Waals surface area contributed by atoms with Gasteiger partial charge in [0.1, 0.15) is 0 Å². The Hall–Kier alpha value is -1.25. The Morgan fingerprint density at radius 1 is 1.33 bits per heavy atom. The first kappa shape index (κ1) is 16.2. The van der Waals surface area contributed by atoms with Gasteiger partial charge in [0.25, 0.3) is 0 Å². The van der Waals surface area contributed by atoms with E-state index in [-0.39, 0.29) is 19.4 Å². The van der Waals surface area contributed by atoms with Crippen LogP contribution in [0.2, 0.25) is 0 Å². The van der Waals surface area contributed by atoms with Crippen molar-refractivity contribution < 1.29 is 32.7 Å². The first-order valence-corrected chi connectivity index (χ1v) is 4.67. The third-order valence-electron chi connectivity index (χ3n) is 0.835. The molecule has 2 N–H and O–H groups in total. The molecule has 0 rings (SSSR count). The number of carbonyl (C=O) groups is 2. The summed E-state index contributed by atoms with van der Waals surface area (Å²) in [6.07, 6.45) is 0.764. The molecule has 0 aliphatic carbocycles. The molecule has 0 saturated heterocycles. The molecule has 0 spiro atoms. The monoisotopic (exact) mass is 239 g/mol. The Balaban J connectivity index is 0.